The number of ether oxygens (including phenoxy) is 1. The number of rotatable bonds is 12. The first-order chi connectivity index (χ1) is 12.6. The normalized spacial score (nSPS) is 16.5. The summed E-state index contributed by atoms with van der Waals surface area (Å²) in [5, 5.41) is 10.8. The zero-order valence-corrected chi connectivity index (χ0v) is 15.4. The van der Waals surface area contributed by atoms with Crippen molar-refractivity contribution in [2.45, 2.75) is 77.3 Å². The van der Waals surface area contributed by atoms with E-state index in [9.17, 15) is 14.4 Å². The van der Waals surface area contributed by atoms with Gasteiger partial charge in [0.2, 0.25) is 5.91 Å². The zero-order valence-electron chi connectivity index (χ0n) is 15.4. The fourth-order valence-electron chi connectivity index (χ4n) is 2.83. The molecular weight excluding hydrogens is 336 g/mol. The van der Waals surface area contributed by atoms with Crippen LogP contribution in [0.3, 0.4) is 0 Å². The number of aryl methyl sites for hydroxylation is 2. The van der Waals surface area contributed by atoms with Crippen LogP contribution in [-0.2, 0) is 32.1 Å². The molecule has 0 spiro atoms. The monoisotopic (exact) mass is 364 g/mol. The largest absolute Gasteiger partial charge is 0.464 e. The number of esters is 1. The number of ketones is 1. The van der Waals surface area contributed by atoms with E-state index in [2.05, 4.69) is 22.6 Å². The molecule has 1 aliphatic rings. The summed E-state index contributed by atoms with van der Waals surface area (Å²) in [6.45, 7) is 3.37. The summed E-state index contributed by atoms with van der Waals surface area (Å²) >= 11 is 0. The molecule has 0 unspecified atom stereocenters. The Morgan fingerprint density at radius 1 is 1.31 bits per heavy atom. The van der Waals surface area contributed by atoms with E-state index < -0.39 is 17.9 Å². The molecule has 8 heteroatoms. The number of amides is 1. The van der Waals surface area contributed by atoms with Gasteiger partial charge >= 0.3 is 5.97 Å². The Balaban J connectivity index is 1.53. The maximum absolute atomic E-state index is 11.8. The van der Waals surface area contributed by atoms with Crippen molar-refractivity contribution < 1.29 is 19.1 Å². The second-order valence-electron chi connectivity index (χ2n) is 6.68. The molecule has 0 bridgehead atoms. The van der Waals surface area contributed by atoms with Gasteiger partial charge in [-0.05, 0) is 25.7 Å². The van der Waals surface area contributed by atoms with Crippen LogP contribution >= 0.6 is 0 Å². The summed E-state index contributed by atoms with van der Waals surface area (Å²) in [7, 11) is 0. The van der Waals surface area contributed by atoms with E-state index in [1.807, 2.05) is 10.9 Å². The molecule has 1 saturated heterocycles. The molecule has 0 aliphatic carbocycles. The van der Waals surface area contributed by atoms with Gasteiger partial charge in [0, 0.05) is 25.6 Å². The minimum absolute atomic E-state index is 0.0978. The van der Waals surface area contributed by atoms with Gasteiger partial charge in [0.05, 0.1) is 18.7 Å². The smallest absolute Gasteiger partial charge is 0.328 e. The average molecular weight is 364 g/mol. The van der Waals surface area contributed by atoms with E-state index in [0.29, 0.717) is 19.4 Å². The number of hydrogen-bond donors (Lipinski definition) is 1. The summed E-state index contributed by atoms with van der Waals surface area (Å²) in [5.41, 5.74) is 0.982. The molecule has 0 radical (unpaired) electrons. The first-order valence-electron chi connectivity index (χ1n) is 9.45. The molecule has 1 atom stereocenters. The number of hydrogen-bond acceptors (Lipinski definition) is 6. The van der Waals surface area contributed by atoms with Gasteiger partial charge in [-0.15, -0.1) is 5.10 Å². The van der Waals surface area contributed by atoms with Gasteiger partial charge in [0.25, 0.3) is 0 Å². The van der Waals surface area contributed by atoms with Crippen molar-refractivity contribution in [3.63, 3.8) is 0 Å². The Labute approximate surface area is 153 Å². The summed E-state index contributed by atoms with van der Waals surface area (Å²) in [5.74, 6) is -0.917. The van der Waals surface area contributed by atoms with Crippen LogP contribution in [0.1, 0.15) is 64.0 Å². The van der Waals surface area contributed by atoms with Crippen LogP contribution in [0, 0.1) is 0 Å². The highest BCUT2D eigenvalue weighted by atomic mass is 16.5. The topological polar surface area (TPSA) is 103 Å². The van der Waals surface area contributed by atoms with Gasteiger partial charge in [-0.3, -0.25) is 14.3 Å². The Hall–Kier alpha value is -2.25. The van der Waals surface area contributed by atoms with Crippen LogP contribution in [0.5, 0.6) is 0 Å². The summed E-state index contributed by atoms with van der Waals surface area (Å²) in [6, 6.07) is -0.596. The highest BCUT2D eigenvalue weighted by Gasteiger charge is 2.28. The van der Waals surface area contributed by atoms with Crippen molar-refractivity contribution in [1.82, 2.24) is 20.3 Å². The molecule has 1 N–H and O–H groups in total. The number of nitrogens with zero attached hydrogens (tertiary/aromatic N) is 3. The van der Waals surface area contributed by atoms with Crippen LogP contribution in [0.4, 0.5) is 0 Å². The Morgan fingerprint density at radius 2 is 2.15 bits per heavy atom. The van der Waals surface area contributed by atoms with Crippen LogP contribution in [-0.4, -0.2) is 45.3 Å². The van der Waals surface area contributed by atoms with Gasteiger partial charge in [-0.1, -0.05) is 25.0 Å². The van der Waals surface area contributed by atoms with E-state index in [1.165, 1.54) is 0 Å². The second-order valence-corrected chi connectivity index (χ2v) is 6.68. The first kappa shape index (κ1) is 20.1. The van der Waals surface area contributed by atoms with Crippen LogP contribution in [0.15, 0.2) is 6.20 Å². The first-order valence-corrected chi connectivity index (χ1v) is 9.45. The van der Waals surface area contributed by atoms with Crippen molar-refractivity contribution in [3.05, 3.63) is 11.9 Å². The highest BCUT2D eigenvalue weighted by molar-refractivity contribution is 5.99. The van der Waals surface area contributed by atoms with Crippen molar-refractivity contribution in [2.24, 2.45) is 0 Å². The van der Waals surface area contributed by atoms with Gasteiger partial charge in [0.1, 0.15) is 11.8 Å². The SMILES string of the molecule is CCCCn1cc(CCCCCC(=O)CC(=O)N[C@H]2CCOC2=O)nn1. The number of Topliss-reactive ketones (excluding diaryl/α,β-unsaturated/α-hetero) is 1. The quantitative estimate of drug-likeness (QED) is 0.343. The van der Waals surface area contributed by atoms with Gasteiger partial charge in [0.15, 0.2) is 0 Å². The van der Waals surface area contributed by atoms with E-state index in [0.717, 1.165) is 50.8 Å². The minimum atomic E-state index is -0.596. The lowest BCUT2D eigenvalue weighted by molar-refractivity contribution is -0.142. The van der Waals surface area contributed by atoms with Crippen LogP contribution in [0.25, 0.3) is 0 Å². The summed E-state index contributed by atoms with van der Waals surface area (Å²) in [4.78, 5) is 34.9. The molecule has 1 aliphatic heterocycles. The third-order valence-electron chi connectivity index (χ3n) is 4.34. The highest BCUT2D eigenvalue weighted by Crippen LogP contribution is 2.09. The lowest BCUT2D eigenvalue weighted by Gasteiger charge is -2.08. The zero-order chi connectivity index (χ0) is 18.8. The number of aromatic nitrogens is 3. The lowest BCUT2D eigenvalue weighted by atomic mass is 10.1. The Morgan fingerprint density at radius 3 is 2.88 bits per heavy atom. The molecule has 1 amide bonds. The van der Waals surface area contributed by atoms with E-state index in [4.69, 9.17) is 4.74 Å². The Bertz CT molecular complexity index is 614. The molecule has 0 saturated carbocycles. The maximum Gasteiger partial charge on any atom is 0.328 e. The van der Waals surface area contributed by atoms with Gasteiger partial charge in [-0.25, -0.2) is 4.79 Å². The van der Waals surface area contributed by atoms with Crippen LogP contribution in [0.2, 0.25) is 0 Å². The van der Waals surface area contributed by atoms with E-state index in [-0.39, 0.29) is 12.2 Å². The molecule has 1 aromatic heterocycles. The van der Waals surface area contributed by atoms with Crippen LogP contribution < -0.4 is 5.32 Å². The molecule has 144 valence electrons. The lowest BCUT2D eigenvalue weighted by Crippen LogP contribution is -2.38. The minimum Gasteiger partial charge on any atom is -0.464 e. The molecule has 2 rings (SSSR count). The number of carbonyl (C=O) groups excluding carboxylic acids is 3. The number of unbranched alkanes of at least 4 members (excludes halogenated alkanes) is 3. The van der Waals surface area contributed by atoms with E-state index >= 15 is 0 Å². The fraction of sp³-hybridized carbons (Fsp3) is 0.722. The summed E-state index contributed by atoms with van der Waals surface area (Å²) in [6.07, 6.45) is 8.35. The number of nitrogens with one attached hydrogen (secondary N) is 1. The molecule has 2 heterocycles. The second kappa shape index (κ2) is 10.7. The molecule has 1 fully saturated rings. The van der Waals surface area contributed by atoms with Crippen molar-refractivity contribution >= 4 is 17.7 Å². The van der Waals surface area contributed by atoms with Gasteiger partial charge < -0.3 is 10.1 Å². The molecule has 26 heavy (non-hydrogen) atoms. The number of carbonyl (C=O) groups is 3. The average Bonchev–Trinajstić information content (AvgIpc) is 3.22. The third-order valence-corrected chi connectivity index (χ3v) is 4.34. The van der Waals surface area contributed by atoms with E-state index in [1.54, 1.807) is 0 Å². The summed E-state index contributed by atoms with van der Waals surface area (Å²) < 4.78 is 6.65. The maximum atomic E-state index is 11.8. The predicted octanol–water partition coefficient (Wildman–Crippen LogP) is 1.57. The molecule has 1 aromatic rings. The molecule has 0 aromatic carbocycles. The standard InChI is InChI=1S/C18H28N4O4/c1-2-3-10-22-13-14(20-21-22)7-5-4-6-8-15(23)12-17(24)19-16-9-11-26-18(16)25/h13,16H,2-12H2,1H3,(H,19,24)/t16-/m0/s1. The van der Waals surface area contributed by atoms with Crippen molar-refractivity contribution in [2.75, 3.05) is 6.61 Å². The Kier molecular flexibility index (Phi) is 8.24. The molecule has 8 nitrogen and oxygen atoms in total. The predicted molar refractivity (Wildman–Crippen MR) is 94.2 cm³/mol. The van der Waals surface area contributed by atoms with Crippen molar-refractivity contribution in [1.29, 1.82) is 0 Å². The molecular formula is C18H28N4O4. The van der Waals surface area contributed by atoms with Gasteiger partial charge in [-0.2, -0.15) is 0 Å². The number of cyclic esters (lactones) is 1. The third kappa shape index (κ3) is 6.93. The fourth-order valence-corrected chi connectivity index (χ4v) is 2.83. The van der Waals surface area contributed by atoms with Crippen molar-refractivity contribution in [3.8, 4) is 0 Å².